The third-order valence-corrected chi connectivity index (χ3v) is 10.2. The van der Waals surface area contributed by atoms with Gasteiger partial charge in [0.25, 0.3) is 0 Å². The molecule has 0 amide bonds. The molecule has 4 aliphatic carbocycles. The van der Waals surface area contributed by atoms with Gasteiger partial charge in [0.1, 0.15) is 0 Å². The van der Waals surface area contributed by atoms with E-state index in [-0.39, 0.29) is 11.3 Å². The van der Waals surface area contributed by atoms with Crippen molar-refractivity contribution in [3.63, 3.8) is 0 Å². The van der Waals surface area contributed by atoms with Gasteiger partial charge in [0.15, 0.2) is 0 Å². The maximum atomic E-state index is 11.0. The standard InChI is InChI=1S/C28H44O3/c1-17(7-8-18(2)26(3,4)31)22-11-12-23-21-10-9-19-15-20(29)16-25(30)28(19,6)24(21)13-14-27(22,23)5/h7-10,17-18,20,22-25,29-31H,11-16H2,1-6H3/t17-,18+,20-,22-,23+,24-,25+,27-,28-/m1/s1. The first-order chi connectivity index (χ1) is 14.4. The summed E-state index contributed by atoms with van der Waals surface area (Å²) in [7, 11) is 0. The van der Waals surface area contributed by atoms with Gasteiger partial charge in [-0.3, -0.25) is 0 Å². The van der Waals surface area contributed by atoms with Gasteiger partial charge in [-0.05, 0) is 75.0 Å². The molecule has 174 valence electrons. The number of allylic oxidation sites excluding steroid dienone is 4. The molecule has 0 radical (unpaired) electrons. The van der Waals surface area contributed by atoms with Gasteiger partial charge in [0, 0.05) is 17.8 Å². The van der Waals surface area contributed by atoms with Crippen LogP contribution < -0.4 is 0 Å². The Morgan fingerprint density at radius 1 is 1.03 bits per heavy atom. The number of hydrogen-bond acceptors (Lipinski definition) is 3. The van der Waals surface area contributed by atoms with E-state index in [0.29, 0.717) is 41.9 Å². The van der Waals surface area contributed by atoms with Crippen LogP contribution in [0.25, 0.3) is 0 Å². The minimum Gasteiger partial charge on any atom is -0.393 e. The van der Waals surface area contributed by atoms with Crippen molar-refractivity contribution < 1.29 is 15.3 Å². The Bertz CT molecular complexity index is 787. The fourth-order valence-corrected chi connectivity index (χ4v) is 7.66. The van der Waals surface area contributed by atoms with Crippen LogP contribution in [0.2, 0.25) is 0 Å². The summed E-state index contributed by atoms with van der Waals surface area (Å²) in [4.78, 5) is 0. The van der Waals surface area contributed by atoms with E-state index in [4.69, 9.17) is 0 Å². The molecule has 0 aromatic carbocycles. The number of rotatable bonds is 4. The van der Waals surface area contributed by atoms with Crippen LogP contribution in [-0.4, -0.2) is 33.1 Å². The first-order valence-electron chi connectivity index (χ1n) is 12.6. The van der Waals surface area contributed by atoms with Crippen molar-refractivity contribution in [2.24, 2.45) is 40.4 Å². The Hall–Kier alpha value is -0.900. The van der Waals surface area contributed by atoms with E-state index in [0.717, 1.165) is 6.42 Å². The van der Waals surface area contributed by atoms with Crippen LogP contribution in [0.3, 0.4) is 0 Å². The van der Waals surface area contributed by atoms with E-state index in [1.165, 1.54) is 24.8 Å². The van der Waals surface area contributed by atoms with Crippen LogP contribution in [-0.2, 0) is 0 Å². The lowest BCUT2D eigenvalue weighted by atomic mass is 9.49. The first-order valence-corrected chi connectivity index (χ1v) is 12.6. The lowest BCUT2D eigenvalue weighted by Crippen LogP contribution is -2.52. The van der Waals surface area contributed by atoms with Crippen LogP contribution in [0.1, 0.15) is 80.1 Å². The van der Waals surface area contributed by atoms with Crippen molar-refractivity contribution in [1.82, 2.24) is 0 Å². The van der Waals surface area contributed by atoms with Gasteiger partial charge in [0.05, 0.1) is 17.8 Å². The quantitative estimate of drug-likeness (QED) is 0.524. The lowest BCUT2D eigenvalue weighted by molar-refractivity contribution is -0.0537. The summed E-state index contributed by atoms with van der Waals surface area (Å²) in [6.07, 6.45) is 14.4. The highest BCUT2D eigenvalue weighted by atomic mass is 16.3. The largest absolute Gasteiger partial charge is 0.393 e. The van der Waals surface area contributed by atoms with E-state index < -0.39 is 17.8 Å². The van der Waals surface area contributed by atoms with Gasteiger partial charge < -0.3 is 15.3 Å². The molecule has 3 nitrogen and oxygen atoms in total. The smallest absolute Gasteiger partial charge is 0.0661 e. The first kappa shape index (κ1) is 23.3. The second kappa shape index (κ2) is 7.85. The molecule has 3 saturated carbocycles. The lowest BCUT2D eigenvalue weighted by Gasteiger charge is -2.56. The predicted octanol–water partition coefficient (Wildman–Crippen LogP) is 5.42. The van der Waals surface area contributed by atoms with Crippen LogP contribution in [0.15, 0.2) is 35.5 Å². The summed E-state index contributed by atoms with van der Waals surface area (Å²) in [6, 6.07) is 0. The molecular weight excluding hydrogens is 384 g/mol. The SMILES string of the molecule is C[C@H](C=C[C@H](C)C(C)(C)O)[C@H]1CC[C@H]2C3=CC=C4C[C@@H](O)C[C@H](O)[C@@]4(C)[C@@H]3CC[C@]12C. The third kappa shape index (κ3) is 3.69. The topological polar surface area (TPSA) is 60.7 Å². The molecule has 0 bridgehead atoms. The second-order valence-corrected chi connectivity index (χ2v) is 12.3. The summed E-state index contributed by atoms with van der Waals surface area (Å²) >= 11 is 0. The van der Waals surface area contributed by atoms with Crippen molar-refractivity contribution in [3.05, 3.63) is 35.5 Å². The van der Waals surface area contributed by atoms with Crippen LogP contribution in [0.5, 0.6) is 0 Å². The molecule has 0 aromatic heterocycles. The molecule has 0 aromatic rings. The maximum absolute atomic E-state index is 11.0. The average molecular weight is 429 g/mol. The van der Waals surface area contributed by atoms with E-state index in [1.54, 1.807) is 5.57 Å². The van der Waals surface area contributed by atoms with Gasteiger partial charge in [-0.15, -0.1) is 0 Å². The van der Waals surface area contributed by atoms with Crippen molar-refractivity contribution in [2.45, 2.75) is 97.9 Å². The molecule has 4 rings (SSSR count). The Kier molecular flexibility index (Phi) is 5.89. The Morgan fingerprint density at radius 2 is 1.74 bits per heavy atom. The van der Waals surface area contributed by atoms with Gasteiger partial charge in [-0.25, -0.2) is 0 Å². The normalized spacial score (nSPS) is 44.7. The summed E-state index contributed by atoms with van der Waals surface area (Å²) in [5, 5.41) is 31.5. The molecule has 4 aliphatic rings. The highest BCUT2D eigenvalue weighted by molar-refractivity contribution is 5.40. The zero-order chi connectivity index (χ0) is 22.8. The summed E-state index contributed by atoms with van der Waals surface area (Å²) < 4.78 is 0. The maximum Gasteiger partial charge on any atom is 0.0661 e. The van der Waals surface area contributed by atoms with E-state index >= 15 is 0 Å². The van der Waals surface area contributed by atoms with E-state index in [1.807, 2.05) is 13.8 Å². The van der Waals surface area contributed by atoms with E-state index in [9.17, 15) is 15.3 Å². The number of hydrogen-bond donors (Lipinski definition) is 3. The fourth-order valence-electron chi connectivity index (χ4n) is 7.66. The molecule has 0 spiro atoms. The summed E-state index contributed by atoms with van der Waals surface area (Å²) in [5.41, 5.74) is 2.22. The van der Waals surface area contributed by atoms with Gasteiger partial charge in [-0.2, -0.15) is 0 Å². The monoisotopic (exact) mass is 428 g/mol. The summed E-state index contributed by atoms with van der Waals surface area (Å²) in [5.74, 6) is 2.29. The van der Waals surface area contributed by atoms with Crippen molar-refractivity contribution in [2.75, 3.05) is 0 Å². The molecule has 0 unspecified atom stereocenters. The Morgan fingerprint density at radius 3 is 2.42 bits per heavy atom. The van der Waals surface area contributed by atoms with Crippen LogP contribution in [0, 0.1) is 40.4 Å². The fraction of sp³-hybridized carbons (Fsp3) is 0.786. The van der Waals surface area contributed by atoms with Gasteiger partial charge in [-0.1, -0.05) is 63.1 Å². The molecule has 0 aliphatic heterocycles. The van der Waals surface area contributed by atoms with Gasteiger partial charge >= 0.3 is 0 Å². The number of aliphatic hydroxyl groups is 3. The summed E-state index contributed by atoms with van der Waals surface area (Å²) in [6.45, 7) is 13.0. The minimum atomic E-state index is -0.683. The molecule has 3 heteroatoms. The third-order valence-electron chi connectivity index (χ3n) is 10.2. The molecular formula is C28H44O3. The highest BCUT2D eigenvalue weighted by Crippen LogP contribution is 2.66. The second-order valence-electron chi connectivity index (χ2n) is 12.3. The predicted molar refractivity (Wildman–Crippen MR) is 126 cm³/mol. The number of aliphatic hydroxyl groups excluding tert-OH is 2. The van der Waals surface area contributed by atoms with E-state index in [2.05, 4.69) is 52.0 Å². The minimum absolute atomic E-state index is 0.142. The highest BCUT2D eigenvalue weighted by Gasteiger charge is 2.58. The molecule has 9 atom stereocenters. The molecule has 3 N–H and O–H groups in total. The van der Waals surface area contributed by atoms with Crippen molar-refractivity contribution in [3.8, 4) is 0 Å². The Balaban J connectivity index is 1.58. The number of fused-ring (bicyclic) bond motifs is 5. The molecule has 0 heterocycles. The van der Waals surface area contributed by atoms with Crippen LogP contribution >= 0.6 is 0 Å². The zero-order valence-corrected chi connectivity index (χ0v) is 20.4. The average Bonchev–Trinajstić information content (AvgIpc) is 3.03. The van der Waals surface area contributed by atoms with Crippen molar-refractivity contribution >= 4 is 0 Å². The molecule has 0 saturated heterocycles. The van der Waals surface area contributed by atoms with Crippen LogP contribution in [0.4, 0.5) is 0 Å². The Labute approximate surface area is 189 Å². The zero-order valence-electron chi connectivity index (χ0n) is 20.4. The van der Waals surface area contributed by atoms with Crippen molar-refractivity contribution in [1.29, 1.82) is 0 Å². The molecule has 31 heavy (non-hydrogen) atoms. The molecule has 3 fully saturated rings. The van der Waals surface area contributed by atoms with Gasteiger partial charge in [0.2, 0.25) is 0 Å².